The Hall–Kier alpha value is -6.13. The molecule has 2 heterocycles. The minimum Gasteiger partial charge on any atom is -0.309 e. The molecule has 9 rings (SSSR count). The molecule has 0 spiro atoms. The van der Waals surface area contributed by atoms with Crippen molar-refractivity contribution in [3.8, 4) is 39.9 Å². The highest BCUT2D eigenvalue weighted by atomic mass is 15.0. The molecule has 0 saturated heterocycles. The highest BCUT2D eigenvalue weighted by molar-refractivity contribution is 6.28. The SMILES string of the molecule is c1ccc(-c2nc(-c3ccccc3)nc(-c3cccc(-n4c5ccc6ccccc6c5c5c6ccccc6ccc54)c3)n2)cc1. The van der Waals surface area contributed by atoms with Crippen LogP contribution < -0.4 is 0 Å². The highest BCUT2D eigenvalue weighted by Crippen LogP contribution is 2.40. The Morgan fingerprint density at radius 2 is 0.800 bits per heavy atom. The first-order valence-electron chi connectivity index (χ1n) is 15.1. The number of fused-ring (bicyclic) bond motifs is 7. The molecule has 45 heavy (non-hydrogen) atoms. The van der Waals surface area contributed by atoms with Crippen LogP contribution in [0.2, 0.25) is 0 Å². The Bertz CT molecular complexity index is 2380. The van der Waals surface area contributed by atoms with E-state index in [2.05, 4.69) is 102 Å². The van der Waals surface area contributed by atoms with Crippen molar-refractivity contribution in [1.82, 2.24) is 19.5 Å². The number of nitrogens with zero attached hydrogens (tertiary/aromatic N) is 4. The standard InChI is InChI=1S/C41H26N4/c1-3-14-29(15-4-1)39-42-40(30-16-5-2-6-17-30)44-41(43-39)31-18-11-19-32(26-31)45-35-24-22-27-12-7-9-20-33(27)37(35)38-34-21-10-8-13-28(34)23-25-36(38)45/h1-26H. The van der Waals surface area contributed by atoms with Gasteiger partial charge >= 0.3 is 0 Å². The molecule has 0 atom stereocenters. The van der Waals surface area contributed by atoms with Crippen LogP contribution in [0.1, 0.15) is 0 Å². The molecule has 0 amide bonds. The summed E-state index contributed by atoms with van der Waals surface area (Å²) in [5.41, 5.74) is 6.23. The zero-order valence-corrected chi connectivity index (χ0v) is 24.3. The van der Waals surface area contributed by atoms with Gasteiger partial charge in [0.2, 0.25) is 0 Å². The van der Waals surface area contributed by atoms with Crippen LogP contribution in [0.15, 0.2) is 158 Å². The third-order valence-electron chi connectivity index (χ3n) is 8.61. The van der Waals surface area contributed by atoms with Crippen LogP contribution in [0.25, 0.3) is 83.2 Å². The smallest absolute Gasteiger partial charge is 0.164 e. The van der Waals surface area contributed by atoms with Crippen molar-refractivity contribution in [1.29, 1.82) is 0 Å². The van der Waals surface area contributed by atoms with E-state index in [1.165, 1.54) is 43.4 Å². The lowest BCUT2D eigenvalue weighted by molar-refractivity contribution is 1.07. The Balaban J connectivity index is 1.31. The van der Waals surface area contributed by atoms with Gasteiger partial charge in [0, 0.05) is 33.2 Å². The van der Waals surface area contributed by atoms with E-state index in [4.69, 9.17) is 15.0 Å². The first kappa shape index (κ1) is 25.4. The lowest BCUT2D eigenvalue weighted by Crippen LogP contribution is -2.01. The van der Waals surface area contributed by atoms with E-state index in [0.29, 0.717) is 17.5 Å². The number of benzene rings is 7. The minimum absolute atomic E-state index is 0.640. The summed E-state index contributed by atoms with van der Waals surface area (Å²) >= 11 is 0. The largest absolute Gasteiger partial charge is 0.309 e. The summed E-state index contributed by atoms with van der Waals surface area (Å²) in [6.07, 6.45) is 0. The maximum Gasteiger partial charge on any atom is 0.164 e. The molecule has 210 valence electrons. The topological polar surface area (TPSA) is 43.6 Å². The normalized spacial score (nSPS) is 11.6. The molecule has 0 unspecified atom stereocenters. The second-order valence-corrected chi connectivity index (χ2v) is 11.3. The van der Waals surface area contributed by atoms with Crippen LogP contribution in [0.3, 0.4) is 0 Å². The van der Waals surface area contributed by atoms with Gasteiger partial charge in [0.1, 0.15) is 0 Å². The number of aromatic nitrogens is 4. The molecular formula is C41H26N4. The van der Waals surface area contributed by atoms with Gasteiger partial charge in [0.05, 0.1) is 11.0 Å². The summed E-state index contributed by atoms with van der Waals surface area (Å²) in [6.45, 7) is 0. The summed E-state index contributed by atoms with van der Waals surface area (Å²) < 4.78 is 2.38. The molecule has 0 radical (unpaired) electrons. The van der Waals surface area contributed by atoms with Crippen molar-refractivity contribution >= 4 is 43.4 Å². The average Bonchev–Trinajstić information content (AvgIpc) is 3.48. The molecular weight excluding hydrogens is 548 g/mol. The van der Waals surface area contributed by atoms with Crippen molar-refractivity contribution in [3.63, 3.8) is 0 Å². The van der Waals surface area contributed by atoms with Crippen LogP contribution >= 0.6 is 0 Å². The van der Waals surface area contributed by atoms with E-state index in [-0.39, 0.29) is 0 Å². The van der Waals surface area contributed by atoms with E-state index in [0.717, 1.165) is 22.4 Å². The van der Waals surface area contributed by atoms with E-state index in [1.54, 1.807) is 0 Å². The quantitative estimate of drug-likeness (QED) is 0.210. The van der Waals surface area contributed by atoms with E-state index in [9.17, 15) is 0 Å². The molecule has 7 aromatic carbocycles. The molecule has 9 aromatic rings. The predicted octanol–water partition coefficient (Wildman–Crippen LogP) is 10.3. The molecule has 0 bridgehead atoms. The molecule has 4 nitrogen and oxygen atoms in total. The summed E-state index contributed by atoms with van der Waals surface area (Å²) in [5, 5.41) is 7.51. The first-order valence-corrected chi connectivity index (χ1v) is 15.1. The number of hydrogen-bond acceptors (Lipinski definition) is 3. The third kappa shape index (κ3) is 4.19. The number of rotatable bonds is 4. The van der Waals surface area contributed by atoms with Gasteiger partial charge in [-0.2, -0.15) is 0 Å². The molecule has 0 aliphatic heterocycles. The van der Waals surface area contributed by atoms with Crippen LogP contribution in [0.4, 0.5) is 0 Å². The Kier molecular flexibility index (Phi) is 5.78. The van der Waals surface area contributed by atoms with Gasteiger partial charge in [-0.05, 0) is 45.8 Å². The zero-order chi connectivity index (χ0) is 29.7. The third-order valence-corrected chi connectivity index (χ3v) is 8.61. The minimum atomic E-state index is 0.640. The van der Waals surface area contributed by atoms with Gasteiger partial charge in [0.25, 0.3) is 0 Å². The monoisotopic (exact) mass is 574 g/mol. The average molecular weight is 575 g/mol. The fourth-order valence-electron chi connectivity index (χ4n) is 6.55. The maximum absolute atomic E-state index is 5.00. The van der Waals surface area contributed by atoms with Crippen LogP contribution in [0, 0.1) is 0 Å². The first-order chi connectivity index (χ1) is 22.3. The summed E-state index contributed by atoms with van der Waals surface area (Å²) in [6, 6.07) is 55.1. The van der Waals surface area contributed by atoms with Crippen molar-refractivity contribution < 1.29 is 0 Å². The molecule has 0 saturated carbocycles. The molecule has 0 aliphatic carbocycles. The van der Waals surface area contributed by atoms with Crippen LogP contribution in [0.5, 0.6) is 0 Å². The fraction of sp³-hybridized carbons (Fsp3) is 0. The molecule has 2 aromatic heterocycles. The van der Waals surface area contributed by atoms with Gasteiger partial charge < -0.3 is 4.57 Å². The summed E-state index contributed by atoms with van der Waals surface area (Å²) in [7, 11) is 0. The molecule has 0 aliphatic rings. The Labute approximate surface area is 259 Å². The van der Waals surface area contributed by atoms with Gasteiger partial charge in [-0.1, -0.05) is 133 Å². The second-order valence-electron chi connectivity index (χ2n) is 11.3. The van der Waals surface area contributed by atoms with Crippen molar-refractivity contribution in [3.05, 3.63) is 158 Å². The number of hydrogen-bond donors (Lipinski definition) is 0. The summed E-state index contributed by atoms with van der Waals surface area (Å²) in [5.74, 6) is 1.94. The lowest BCUT2D eigenvalue weighted by atomic mass is 10.00. The van der Waals surface area contributed by atoms with Gasteiger partial charge in [-0.3, -0.25) is 0 Å². The van der Waals surface area contributed by atoms with Crippen LogP contribution in [-0.2, 0) is 0 Å². The predicted molar refractivity (Wildman–Crippen MR) is 185 cm³/mol. The van der Waals surface area contributed by atoms with Crippen molar-refractivity contribution in [2.75, 3.05) is 0 Å². The molecule has 0 N–H and O–H groups in total. The Morgan fingerprint density at radius 3 is 1.33 bits per heavy atom. The van der Waals surface area contributed by atoms with Crippen LogP contribution in [-0.4, -0.2) is 19.5 Å². The lowest BCUT2D eigenvalue weighted by Gasteiger charge is -2.12. The van der Waals surface area contributed by atoms with E-state index < -0.39 is 0 Å². The van der Waals surface area contributed by atoms with Crippen molar-refractivity contribution in [2.24, 2.45) is 0 Å². The van der Waals surface area contributed by atoms with Gasteiger partial charge in [-0.25, -0.2) is 15.0 Å². The fourth-order valence-corrected chi connectivity index (χ4v) is 6.55. The highest BCUT2D eigenvalue weighted by Gasteiger charge is 2.18. The molecule has 0 fully saturated rings. The maximum atomic E-state index is 5.00. The van der Waals surface area contributed by atoms with E-state index in [1.807, 2.05) is 60.7 Å². The summed E-state index contributed by atoms with van der Waals surface area (Å²) in [4.78, 5) is 14.9. The zero-order valence-electron chi connectivity index (χ0n) is 24.3. The van der Waals surface area contributed by atoms with Gasteiger partial charge in [0.15, 0.2) is 17.5 Å². The van der Waals surface area contributed by atoms with Gasteiger partial charge in [-0.15, -0.1) is 0 Å². The molecule has 4 heteroatoms. The van der Waals surface area contributed by atoms with Crippen molar-refractivity contribution in [2.45, 2.75) is 0 Å². The second kappa shape index (κ2) is 10.2. The van der Waals surface area contributed by atoms with E-state index >= 15 is 0 Å². The Morgan fingerprint density at radius 1 is 0.356 bits per heavy atom.